The van der Waals surface area contributed by atoms with Crippen LogP contribution in [-0.2, 0) is 9.84 Å². The van der Waals surface area contributed by atoms with Crippen LogP contribution in [0.2, 0.25) is 0 Å². The molecule has 0 saturated heterocycles. The summed E-state index contributed by atoms with van der Waals surface area (Å²) in [6.07, 6.45) is 0. The van der Waals surface area contributed by atoms with Crippen molar-refractivity contribution in [3.63, 3.8) is 0 Å². The van der Waals surface area contributed by atoms with E-state index in [1.54, 1.807) is 0 Å². The highest BCUT2D eigenvalue weighted by molar-refractivity contribution is 7.92. The molecular weight excluding hydrogens is 195 g/mol. The molecule has 2 rings (SSSR count). The Bertz CT molecular complexity index is 490. The van der Waals surface area contributed by atoms with E-state index in [4.69, 9.17) is 0 Å². The second-order valence-electron chi connectivity index (χ2n) is 2.80. The number of hydrogen-bond donors (Lipinski definition) is 0. The van der Waals surface area contributed by atoms with Crippen molar-refractivity contribution < 1.29 is 17.6 Å². The third kappa shape index (κ3) is 1.07. The number of Topliss-reactive ketones (excluding diaryl/α,β-unsaturated/α-hetero) is 1. The van der Waals surface area contributed by atoms with Crippen molar-refractivity contribution >= 4 is 15.6 Å². The molecule has 0 unspecified atom stereocenters. The van der Waals surface area contributed by atoms with Crippen molar-refractivity contribution in [3.8, 4) is 0 Å². The van der Waals surface area contributed by atoms with Crippen LogP contribution < -0.4 is 0 Å². The summed E-state index contributed by atoms with van der Waals surface area (Å²) in [6, 6.07) is 3.69. The van der Waals surface area contributed by atoms with E-state index in [1.165, 1.54) is 12.1 Å². The van der Waals surface area contributed by atoms with Crippen LogP contribution in [-0.4, -0.2) is 20.0 Å². The van der Waals surface area contributed by atoms with Gasteiger partial charge in [0.25, 0.3) is 0 Å². The van der Waals surface area contributed by atoms with Crippen molar-refractivity contribution in [2.45, 2.75) is 4.90 Å². The molecule has 1 aliphatic heterocycles. The Balaban J connectivity index is 2.89. The maximum absolute atomic E-state index is 13.0. The van der Waals surface area contributed by atoms with Crippen molar-refractivity contribution in [2.75, 3.05) is 5.75 Å². The molecule has 0 bridgehead atoms. The highest BCUT2D eigenvalue weighted by Gasteiger charge is 2.35. The number of fused-ring (bicyclic) bond motifs is 1. The lowest BCUT2D eigenvalue weighted by atomic mass is 10.1. The van der Waals surface area contributed by atoms with Gasteiger partial charge in [0.05, 0.1) is 0 Å². The summed E-state index contributed by atoms with van der Waals surface area (Å²) in [4.78, 5) is 10.6. The maximum atomic E-state index is 13.0. The predicted octanol–water partition coefficient (Wildman–Crippen LogP) is 0.796. The minimum Gasteiger partial charge on any atom is -0.293 e. The Labute approximate surface area is 74.1 Å². The van der Waals surface area contributed by atoms with Crippen LogP contribution in [0.25, 0.3) is 0 Å². The van der Waals surface area contributed by atoms with E-state index in [0.717, 1.165) is 6.07 Å². The zero-order valence-electron chi connectivity index (χ0n) is 6.45. The van der Waals surface area contributed by atoms with Crippen LogP contribution in [0.4, 0.5) is 4.39 Å². The maximum Gasteiger partial charge on any atom is 0.189 e. The number of hydrogen-bond acceptors (Lipinski definition) is 3. The average Bonchev–Trinajstić information content (AvgIpc) is 2.24. The smallest absolute Gasteiger partial charge is 0.189 e. The Hall–Kier alpha value is -1.23. The number of sulfone groups is 1. The van der Waals surface area contributed by atoms with Gasteiger partial charge < -0.3 is 0 Å². The molecule has 1 aromatic rings. The Morgan fingerprint density at radius 3 is 2.62 bits per heavy atom. The highest BCUT2D eigenvalue weighted by Crippen LogP contribution is 2.27. The fourth-order valence-corrected chi connectivity index (χ4v) is 2.89. The molecule has 0 N–H and O–H groups in total. The molecule has 0 amide bonds. The lowest BCUT2D eigenvalue weighted by molar-refractivity contribution is 0.102. The van der Waals surface area contributed by atoms with Gasteiger partial charge in [0.2, 0.25) is 0 Å². The first-order valence-electron chi connectivity index (χ1n) is 3.57. The molecule has 1 aliphatic rings. The van der Waals surface area contributed by atoms with Gasteiger partial charge in [0.15, 0.2) is 15.6 Å². The van der Waals surface area contributed by atoms with Gasteiger partial charge in [-0.1, -0.05) is 6.07 Å². The normalized spacial score (nSPS) is 18.7. The van der Waals surface area contributed by atoms with Crippen molar-refractivity contribution in [1.29, 1.82) is 0 Å². The number of halogens is 1. The lowest BCUT2D eigenvalue weighted by Crippen LogP contribution is -2.03. The third-order valence-corrected chi connectivity index (χ3v) is 3.58. The van der Waals surface area contributed by atoms with E-state index in [0.29, 0.717) is 0 Å². The van der Waals surface area contributed by atoms with E-state index in [1.807, 2.05) is 0 Å². The molecule has 5 heteroatoms. The first-order valence-corrected chi connectivity index (χ1v) is 5.22. The van der Waals surface area contributed by atoms with Gasteiger partial charge in [0, 0.05) is 5.56 Å². The van der Waals surface area contributed by atoms with Crippen molar-refractivity contribution in [3.05, 3.63) is 29.6 Å². The van der Waals surface area contributed by atoms with Crippen molar-refractivity contribution in [1.82, 2.24) is 0 Å². The molecule has 1 aromatic carbocycles. The second kappa shape index (κ2) is 2.38. The van der Waals surface area contributed by atoms with Gasteiger partial charge in [-0.25, -0.2) is 12.8 Å². The van der Waals surface area contributed by atoms with Gasteiger partial charge >= 0.3 is 0 Å². The number of carbonyl (C=O) groups excluding carboxylic acids is 1. The Morgan fingerprint density at radius 2 is 2.00 bits per heavy atom. The van der Waals surface area contributed by atoms with Crippen molar-refractivity contribution in [2.24, 2.45) is 0 Å². The molecule has 0 aromatic heterocycles. The minimum absolute atomic E-state index is 0.0278. The van der Waals surface area contributed by atoms with Crippen LogP contribution in [0.1, 0.15) is 10.4 Å². The zero-order valence-corrected chi connectivity index (χ0v) is 7.27. The van der Waals surface area contributed by atoms with Crippen LogP contribution in [0.15, 0.2) is 23.1 Å². The molecule has 0 saturated carbocycles. The first kappa shape index (κ1) is 8.37. The summed E-state index contributed by atoms with van der Waals surface area (Å²) in [6.45, 7) is 0. The number of carbonyl (C=O) groups is 1. The molecule has 0 aliphatic carbocycles. The number of rotatable bonds is 0. The van der Waals surface area contributed by atoms with E-state index >= 15 is 0 Å². The third-order valence-electron chi connectivity index (χ3n) is 1.90. The van der Waals surface area contributed by atoms with E-state index in [-0.39, 0.29) is 5.56 Å². The molecule has 13 heavy (non-hydrogen) atoms. The fourth-order valence-electron chi connectivity index (χ4n) is 1.37. The first-order chi connectivity index (χ1) is 6.02. The summed E-state index contributed by atoms with van der Waals surface area (Å²) < 4.78 is 35.5. The van der Waals surface area contributed by atoms with E-state index < -0.39 is 32.1 Å². The number of benzene rings is 1. The SMILES string of the molecule is O=C1CS(=O)(=O)c2c(F)cccc21. The van der Waals surface area contributed by atoms with E-state index in [2.05, 4.69) is 0 Å². The van der Waals surface area contributed by atoms with Crippen LogP contribution in [0.3, 0.4) is 0 Å². The molecule has 1 heterocycles. The molecule has 0 fully saturated rings. The molecule has 0 spiro atoms. The topological polar surface area (TPSA) is 51.2 Å². The standard InChI is InChI=1S/C8H5FO3S/c9-6-3-1-2-5-7(10)4-13(11,12)8(5)6/h1-3H,4H2. The van der Waals surface area contributed by atoms with Gasteiger partial charge in [-0.05, 0) is 12.1 Å². The summed E-state index contributed by atoms with van der Waals surface area (Å²) >= 11 is 0. The molecule has 0 atom stereocenters. The lowest BCUT2D eigenvalue weighted by Gasteiger charge is -1.96. The summed E-state index contributed by atoms with van der Waals surface area (Å²) in [5.41, 5.74) is -0.0278. The largest absolute Gasteiger partial charge is 0.293 e. The van der Waals surface area contributed by atoms with Gasteiger partial charge in [-0.2, -0.15) is 0 Å². The average molecular weight is 200 g/mol. The Kier molecular flexibility index (Phi) is 1.53. The van der Waals surface area contributed by atoms with Gasteiger partial charge in [0.1, 0.15) is 16.5 Å². The molecule has 3 nitrogen and oxygen atoms in total. The minimum atomic E-state index is -3.71. The summed E-state index contributed by atoms with van der Waals surface area (Å²) in [7, 11) is -3.71. The zero-order chi connectivity index (χ0) is 9.64. The molecule has 68 valence electrons. The quantitative estimate of drug-likeness (QED) is 0.622. The predicted molar refractivity (Wildman–Crippen MR) is 42.8 cm³/mol. The summed E-state index contributed by atoms with van der Waals surface area (Å²) in [5, 5.41) is 0. The Morgan fingerprint density at radius 1 is 1.31 bits per heavy atom. The van der Waals surface area contributed by atoms with Crippen LogP contribution in [0, 0.1) is 5.82 Å². The second-order valence-corrected chi connectivity index (χ2v) is 4.73. The number of ketones is 1. The fraction of sp³-hybridized carbons (Fsp3) is 0.125. The summed E-state index contributed by atoms with van der Waals surface area (Å²) in [5.74, 6) is -1.98. The monoisotopic (exact) mass is 200 g/mol. The van der Waals surface area contributed by atoms with Crippen LogP contribution >= 0.6 is 0 Å². The van der Waals surface area contributed by atoms with E-state index in [9.17, 15) is 17.6 Å². The molecular formula is C8H5FO3S. The van der Waals surface area contributed by atoms with Gasteiger partial charge in [-0.3, -0.25) is 4.79 Å². The van der Waals surface area contributed by atoms with Crippen LogP contribution in [0.5, 0.6) is 0 Å². The molecule has 0 radical (unpaired) electrons. The van der Waals surface area contributed by atoms with Gasteiger partial charge in [-0.15, -0.1) is 0 Å². The highest BCUT2D eigenvalue weighted by atomic mass is 32.2.